The highest BCUT2D eigenvalue weighted by Gasteiger charge is 2.25. The molecule has 1 aliphatic heterocycles. The fourth-order valence-electron chi connectivity index (χ4n) is 2.26. The summed E-state index contributed by atoms with van der Waals surface area (Å²) in [6, 6.07) is 0. The number of rotatable bonds is 9. The van der Waals surface area contributed by atoms with Crippen molar-refractivity contribution in [3.8, 4) is 0 Å². The van der Waals surface area contributed by atoms with E-state index < -0.39 is 0 Å². The van der Waals surface area contributed by atoms with E-state index in [9.17, 15) is 0 Å². The third-order valence-electron chi connectivity index (χ3n) is 3.70. The number of hydrogen-bond donors (Lipinski definition) is 1. The summed E-state index contributed by atoms with van der Waals surface area (Å²) in [5.74, 6) is 0.803. The first kappa shape index (κ1) is 16.8. The van der Waals surface area contributed by atoms with E-state index in [4.69, 9.17) is 4.74 Å². The quantitative estimate of drug-likeness (QED) is 0.704. The second-order valence-corrected chi connectivity index (χ2v) is 6.33. The molecule has 0 aliphatic carbocycles. The summed E-state index contributed by atoms with van der Waals surface area (Å²) in [5, 5.41) is 5.27. The molecule has 1 N–H and O–H groups in total. The average molecular weight is 287 g/mol. The van der Waals surface area contributed by atoms with E-state index in [1.807, 2.05) is 11.8 Å². The highest BCUT2D eigenvalue weighted by atomic mass is 32.2. The molecule has 1 rings (SSSR count). The van der Waals surface area contributed by atoms with Crippen molar-refractivity contribution in [1.82, 2.24) is 10.2 Å². The van der Waals surface area contributed by atoms with E-state index in [1.54, 1.807) is 7.11 Å². The number of nitrogens with zero attached hydrogens (tertiary/aromatic N) is 2. The third kappa shape index (κ3) is 6.15. The van der Waals surface area contributed by atoms with Crippen molar-refractivity contribution in [2.45, 2.75) is 31.9 Å². The Morgan fingerprint density at radius 2 is 2.16 bits per heavy atom. The lowest BCUT2D eigenvalue weighted by Gasteiger charge is -2.19. The van der Waals surface area contributed by atoms with Crippen molar-refractivity contribution < 1.29 is 4.74 Å². The molecule has 0 amide bonds. The first-order chi connectivity index (χ1) is 9.21. The van der Waals surface area contributed by atoms with Crippen molar-refractivity contribution in [3.63, 3.8) is 0 Å². The molecule has 0 aromatic heterocycles. The van der Waals surface area contributed by atoms with Gasteiger partial charge in [-0.25, -0.2) is 0 Å². The summed E-state index contributed by atoms with van der Waals surface area (Å²) in [4.78, 5) is 6.89. The van der Waals surface area contributed by atoms with Gasteiger partial charge in [-0.3, -0.25) is 4.99 Å². The van der Waals surface area contributed by atoms with E-state index in [0.717, 1.165) is 43.9 Å². The molecule has 19 heavy (non-hydrogen) atoms. The highest BCUT2D eigenvalue weighted by Crippen LogP contribution is 2.30. The van der Waals surface area contributed by atoms with Crippen LogP contribution >= 0.6 is 11.8 Å². The Kier molecular flexibility index (Phi) is 8.50. The molecule has 1 atom stereocenters. The van der Waals surface area contributed by atoms with Crippen molar-refractivity contribution in [1.29, 1.82) is 0 Å². The number of hydrogen-bond acceptors (Lipinski definition) is 5. The highest BCUT2D eigenvalue weighted by molar-refractivity contribution is 8.14. The second kappa shape index (κ2) is 9.61. The number of ether oxygens (including phenoxy) is 1. The van der Waals surface area contributed by atoms with E-state index >= 15 is 0 Å². The SMILES string of the molecule is CCC(CC)C1CN=C(NCCN(C)CCOC)S1. The molecule has 0 fully saturated rings. The number of thioether (sulfide) groups is 1. The van der Waals surface area contributed by atoms with Gasteiger partial charge >= 0.3 is 0 Å². The molecule has 0 aromatic carbocycles. The van der Waals surface area contributed by atoms with Crippen LogP contribution in [0, 0.1) is 5.92 Å². The van der Waals surface area contributed by atoms with Gasteiger partial charge in [-0.05, 0) is 13.0 Å². The molecule has 1 heterocycles. The van der Waals surface area contributed by atoms with Crippen molar-refractivity contribution in [2.24, 2.45) is 10.9 Å². The van der Waals surface area contributed by atoms with Crippen LogP contribution in [0.25, 0.3) is 0 Å². The van der Waals surface area contributed by atoms with Gasteiger partial charge in [-0.1, -0.05) is 38.5 Å². The van der Waals surface area contributed by atoms with Crippen LogP contribution in [0.2, 0.25) is 0 Å². The van der Waals surface area contributed by atoms with Crippen molar-refractivity contribution >= 4 is 16.9 Å². The first-order valence-corrected chi connectivity index (χ1v) is 8.21. The van der Waals surface area contributed by atoms with Gasteiger partial charge in [0.05, 0.1) is 13.2 Å². The van der Waals surface area contributed by atoms with Gasteiger partial charge in [-0.15, -0.1) is 0 Å². The van der Waals surface area contributed by atoms with Gasteiger partial charge < -0.3 is 15.0 Å². The topological polar surface area (TPSA) is 36.9 Å². The minimum atomic E-state index is 0.684. The molecule has 0 radical (unpaired) electrons. The molecule has 5 heteroatoms. The molecule has 0 spiro atoms. The fourth-order valence-corrected chi connectivity index (χ4v) is 3.61. The van der Waals surface area contributed by atoms with Crippen LogP contribution < -0.4 is 5.32 Å². The summed E-state index contributed by atoms with van der Waals surface area (Å²) in [6.07, 6.45) is 2.52. The summed E-state index contributed by atoms with van der Waals surface area (Å²) in [7, 11) is 3.87. The lowest BCUT2D eigenvalue weighted by molar-refractivity contribution is 0.162. The smallest absolute Gasteiger partial charge is 0.156 e. The van der Waals surface area contributed by atoms with Crippen molar-refractivity contribution in [3.05, 3.63) is 0 Å². The maximum Gasteiger partial charge on any atom is 0.156 e. The minimum Gasteiger partial charge on any atom is -0.383 e. The average Bonchev–Trinajstić information content (AvgIpc) is 2.86. The molecule has 4 nitrogen and oxygen atoms in total. The standard InChI is InChI=1S/C14H29N3OS/c1-5-12(6-2)13-11-16-14(19-13)15-7-8-17(3)9-10-18-4/h12-13H,5-11H2,1-4H3,(H,15,16). The van der Waals surface area contributed by atoms with Gasteiger partial charge in [0.2, 0.25) is 0 Å². The maximum atomic E-state index is 5.07. The molecule has 1 unspecified atom stereocenters. The summed E-state index contributed by atoms with van der Waals surface area (Å²) in [5.41, 5.74) is 0. The first-order valence-electron chi connectivity index (χ1n) is 7.33. The second-order valence-electron chi connectivity index (χ2n) is 5.10. The van der Waals surface area contributed by atoms with Crippen molar-refractivity contribution in [2.75, 3.05) is 46.9 Å². The summed E-state index contributed by atoms with van der Waals surface area (Å²) >= 11 is 1.93. The normalized spacial score (nSPS) is 19.3. The van der Waals surface area contributed by atoms with Gasteiger partial charge in [0.25, 0.3) is 0 Å². The maximum absolute atomic E-state index is 5.07. The predicted octanol–water partition coefficient (Wildman–Crippen LogP) is 2.06. The molecular formula is C14H29N3OS. The monoisotopic (exact) mass is 287 g/mol. The predicted molar refractivity (Wildman–Crippen MR) is 85.1 cm³/mol. The zero-order valence-electron chi connectivity index (χ0n) is 12.8. The Morgan fingerprint density at radius 3 is 2.79 bits per heavy atom. The van der Waals surface area contributed by atoms with Gasteiger partial charge in [-0.2, -0.15) is 0 Å². The number of likely N-dealkylation sites (N-methyl/N-ethyl adjacent to an activating group) is 1. The van der Waals surface area contributed by atoms with Crippen LogP contribution in [0.3, 0.4) is 0 Å². The lowest BCUT2D eigenvalue weighted by Crippen LogP contribution is -2.33. The molecule has 1 aliphatic rings. The van der Waals surface area contributed by atoms with Crippen LogP contribution in [-0.2, 0) is 4.74 Å². The van der Waals surface area contributed by atoms with Gasteiger partial charge in [0.15, 0.2) is 5.17 Å². The van der Waals surface area contributed by atoms with Gasteiger partial charge in [0.1, 0.15) is 0 Å². The fraction of sp³-hybridized carbons (Fsp3) is 0.929. The van der Waals surface area contributed by atoms with E-state index in [2.05, 4.69) is 36.1 Å². The Morgan fingerprint density at radius 1 is 1.42 bits per heavy atom. The van der Waals surface area contributed by atoms with Crippen LogP contribution in [-0.4, -0.2) is 62.3 Å². The molecule has 0 aromatic rings. The van der Waals surface area contributed by atoms with Crippen LogP contribution in [0.5, 0.6) is 0 Å². The third-order valence-corrected chi connectivity index (χ3v) is 5.03. The lowest BCUT2D eigenvalue weighted by atomic mass is 9.99. The zero-order chi connectivity index (χ0) is 14.1. The zero-order valence-corrected chi connectivity index (χ0v) is 13.6. The number of amidine groups is 1. The minimum absolute atomic E-state index is 0.684. The Balaban J connectivity index is 2.15. The number of aliphatic imine (C=N–C) groups is 1. The molecule has 112 valence electrons. The summed E-state index contributed by atoms with van der Waals surface area (Å²) < 4.78 is 5.07. The Bertz CT molecular complexity index is 269. The number of nitrogens with one attached hydrogen (secondary N) is 1. The van der Waals surface area contributed by atoms with Gasteiger partial charge in [0, 0.05) is 32.0 Å². The molecule has 0 bridgehead atoms. The van der Waals surface area contributed by atoms with Crippen LogP contribution in [0.4, 0.5) is 0 Å². The molecule has 0 saturated carbocycles. The number of methoxy groups -OCH3 is 1. The van der Waals surface area contributed by atoms with E-state index in [-0.39, 0.29) is 0 Å². The largest absolute Gasteiger partial charge is 0.383 e. The summed E-state index contributed by atoms with van der Waals surface area (Å²) in [6.45, 7) is 9.31. The van der Waals surface area contributed by atoms with Crippen LogP contribution in [0.1, 0.15) is 26.7 Å². The van der Waals surface area contributed by atoms with E-state index in [1.165, 1.54) is 12.8 Å². The Hall–Kier alpha value is -0.260. The Labute approximate surface area is 122 Å². The van der Waals surface area contributed by atoms with Crippen LogP contribution in [0.15, 0.2) is 4.99 Å². The molecule has 0 saturated heterocycles. The van der Waals surface area contributed by atoms with E-state index in [0.29, 0.717) is 5.25 Å². The molecular weight excluding hydrogens is 258 g/mol.